The standard InChI is InChI=1S/C14H23BrFN3/c1-5-19(6-2)14(3,4)13(18-17)11-9-10(15)7-8-12(11)16/h7-9,13,18H,5-6,17H2,1-4H3. The van der Waals surface area contributed by atoms with Crippen molar-refractivity contribution in [2.24, 2.45) is 5.84 Å². The van der Waals surface area contributed by atoms with Crippen LogP contribution in [-0.4, -0.2) is 23.5 Å². The van der Waals surface area contributed by atoms with Crippen LogP contribution in [0.1, 0.15) is 39.3 Å². The third kappa shape index (κ3) is 3.54. The molecule has 3 N–H and O–H groups in total. The van der Waals surface area contributed by atoms with Crippen LogP contribution in [0.15, 0.2) is 22.7 Å². The van der Waals surface area contributed by atoms with E-state index in [9.17, 15) is 4.39 Å². The highest BCUT2D eigenvalue weighted by Crippen LogP contribution is 2.33. The summed E-state index contributed by atoms with van der Waals surface area (Å²) in [7, 11) is 0. The molecule has 0 aliphatic heterocycles. The molecule has 0 aliphatic carbocycles. The molecule has 1 aromatic carbocycles. The molecule has 1 rings (SSSR count). The van der Waals surface area contributed by atoms with Gasteiger partial charge in [-0.1, -0.05) is 29.8 Å². The number of nitrogens with two attached hydrogens (primary N) is 1. The zero-order valence-electron chi connectivity index (χ0n) is 12.0. The number of hydrogen-bond donors (Lipinski definition) is 2. The number of nitrogens with one attached hydrogen (secondary N) is 1. The van der Waals surface area contributed by atoms with E-state index in [1.165, 1.54) is 6.07 Å². The van der Waals surface area contributed by atoms with Crippen LogP contribution in [0.25, 0.3) is 0 Å². The first kappa shape index (κ1) is 16.6. The number of likely N-dealkylation sites (N-methyl/N-ethyl adjacent to an activating group) is 1. The van der Waals surface area contributed by atoms with E-state index in [0.29, 0.717) is 5.56 Å². The molecule has 0 heterocycles. The lowest BCUT2D eigenvalue weighted by molar-refractivity contribution is 0.0897. The Bertz CT molecular complexity index is 419. The molecule has 1 atom stereocenters. The van der Waals surface area contributed by atoms with Gasteiger partial charge in [-0.3, -0.25) is 16.2 Å². The van der Waals surface area contributed by atoms with Gasteiger partial charge in [0.15, 0.2) is 0 Å². The lowest BCUT2D eigenvalue weighted by Gasteiger charge is -2.43. The summed E-state index contributed by atoms with van der Waals surface area (Å²) in [4.78, 5) is 2.26. The first-order valence-electron chi connectivity index (χ1n) is 6.54. The molecule has 0 aliphatic rings. The second kappa shape index (κ2) is 6.79. The Morgan fingerprint density at radius 1 is 1.37 bits per heavy atom. The summed E-state index contributed by atoms with van der Waals surface area (Å²) < 4.78 is 14.9. The average Bonchev–Trinajstić information content (AvgIpc) is 2.35. The third-order valence-corrected chi connectivity index (χ3v) is 4.21. The van der Waals surface area contributed by atoms with Gasteiger partial charge in [-0.25, -0.2) is 4.39 Å². The maximum absolute atomic E-state index is 14.1. The maximum Gasteiger partial charge on any atom is 0.128 e. The molecule has 0 fully saturated rings. The van der Waals surface area contributed by atoms with Crippen LogP contribution in [0.5, 0.6) is 0 Å². The zero-order valence-corrected chi connectivity index (χ0v) is 13.6. The van der Waals surface area contributed by atoms with Gasteiger partial charge in [-0.2, -0.15) is 0 Å². The van der Waals surface area contributed by atoms with Gasteiger partial charge in [-0.15, -0.1) is 0 Å². The maximum atomic E-state index is 14.1. The van der Waals surface area contributed by atoms with Gasteiger partial charge in [0.25, 0.3) is 0 Å². The molecule has 0 saturated carbocycles. The number of hydrogen-bond acceptors (Lipinski definition) is 3. The summed E-state index contributed by atoms with van der Waals surface area (Å²) in [6.07, 6.45) is 0. The molecule has 0 saturated heterocycles. The summed E-state index contributed by atoms with van der Waals surface area (Å²) in [5, 5.41) is 0. The molecule has 0 spiro atoms. The van der Waals surface area contributed by atoms with Crippen molar-refractivity contribution < 1.29 is 4.39 Å². The van der Waals surface area contributed by atoms with Gasteiger partial charge >= 0.3 is 0 Å². The SMILES string of the molecule is CCN(CC)C(C)(C)C(NN)c1cc(Br)ccc1F. The molecule has 0 bridgehead atoms. The molecule has 1 unspecified atom stereocenters. The van der Waals surface area contributed by atoms with Gasteiger partial charge in [0, 0.05) is 15.6 Å². The summed E-state index contributed by atoms with van der Waals surface area (Å²) >= 11 is 3.38. The van der Waals surface area contributed by atoms with Gasteiger partial charge in [0.05, 0.1) is 6.04 Å². The Morgan fingerprint density at radius 2 is 1.95 bits per heavy atom. The largest absolute Gasteiger partial charge is 0.297 e. The minimum atomic E-state index is -0.292. The second-order valence-corrected chi connectivity index (χ2v) is 6.01. The lowest BCUT2D eigenvalue weighted by atomic mass is 9.87. The van der Waals surface area contributed by atoms with Crippen molar-refractivity contribution in [3.8, 4) is 0 Å². The van der Waals surface area contributed by atoms with Gasteiger partial charge < -0.3 is 0 Å². The Hall–Kier alpha value is -0.490. The van der Waals surface area contributed by atoms with Crippen molar-refractivity contribution in [3.05, 3.63) is 34.1 Å². The average molecular weight is 332 g/mol. The van der Waals surface area contributed by atoms with Crippen LogP contribution >= 0.6 is 15.9 Å². The van der Waals surface area contributed by atoms with Crippen molar-refractivity contribution in [2.45, 2.75) is 39.3 Å². The molecule has 0 radical (unpaired) electrons. The van der Waals surface area contributed by atoms with Crippen molar-refractivity contribution in [1.29, 1.82) is 0 Å². The molecular weight excluding hydrogens is 309 g/mol. The highest BCUT2D eigenvalue weighted by atomic mass is 79.9. The van der Waals surface area contributed by atoms with E-state index < -0.39 is 0 Å². The first-order valence-corrected chi connectivity index (χ1v) is 7.33. The van der Waals surface area contributed by atoms with Crippen molar-refractivity contribution in [3.63, 3.8) is 0 Å². The van der Waals surface area contributed by atoms with Crippen molar-refractivity contribution >= 4 is 15.9 Å². The van der Waals surface area contributed by atoms with Crippen LogP contribution in [-0.2, 0) is 0 Å². The quantitative estimate of drug-likeness (QED) is 0.621. The zero-order chi connectivity index (χ0) is 14.6. The molecule has 1 aromatic rings. The highest BCUT2D eigenvalue weighted by Gasteiger charge is 2.35. The van der Waals surface area contributed by atoms with E-state index in [1.54, 1.807) is 12.1 Å². The van der Waals surface area contributed by atoms with E-state index in [0.717, 1.165) is 17.6 Å². The Morgan fingerprint density at radius 3 is 2.42 bits per heavy atom. The topological polar surface area (TPSA) is 41.3 Å². The van der Waals surface area contributed by atoms with Crippen LogP contribution in [0.4, 0.5) is 4.39 Å². The summed E-state index contributed by atoms with van der Waals surface area (Å²) in [5.74, 6) is 5.45. The number of nitrogens with zero attached hydrogens (tertiary/aromatic N) is 1. The molecule has 0 aromatic heterocycles. The second-order valence-electron chi connectivity index (χ2n) is 5.09. The first-order chi connectivity index (χ1) is 8.88. The number of halogens is 2. The molecule has 108 valence electrons. The monoisotopic (exact) mass is 331 g/mol. The Kier molecular flexibility index (Phi) is 5.92. The highest BCUT2D eigenvalue weighted by molar-refractivity contribution is 9.10. The molecule has 5 heteroatoms. The normalized spacial score (nSPS) is 13.9. The van der Waals surface area contributed by atoms with E-state index in [4.69, 9.17) is 5.84 Å². The van der Waals surface area contributed by atoms with E-state index in [1.807, 2.05) is 0 Å². The Balaban J connectivity index is 3.22. The Labute approximate surface area is 123 Å². The fraction of sp³-hybridized carbons (Fsp3) is 0.571. The molecule has 0 amide bonds. The van der Waals surface area contributed by atoms with Crippen molar-refractivity contribution in [1.82, 2.24) is 10.3 Å². The van der Waals surface area contributed by atoms with Crippen LogP contribution in [0, 0.1) is 5.82 Å². The smallest absolute Gasteiger partial charge is 0.128 e. The number of hydrazine groups is 1. The van der Waals surface area contributed by atoms with E-state index >= 15 is 0 Å². The van der Waals surface area contributed by atoms with Crippen LogP contribution in [0.3, 0.4) is 0 Å². The van der Waals surface area contributed by atoms with Crippen molar-refractivity contribution in [2.75, 3.05) is 13.1 Å². The lowest BCUT2D eigenvalue weighted by Crippen LogP contribution is -2.54. The fourth-order valence-electron chi connectivity index (χ4n) is 2.63. The predicted molar refractivity (Wildman–Crippen MR) is 81.2 cm³/mol. The van der Waals surface area contributed by atoms with Gasteiger partial charge in [-0.05, 0) is 45.1 Å². The number of benzene rings is 1. The third-order valence-electron chi connectivity index (χ3n) is 3.72. The summed E-state index contributed by atoms with van der Waals surface area (Å²) in [6.45, 7) is 10.1. The molecule has 3 nitrogen and oxygen atoms in total. The fourth-order valence-corrected chi connectivity index (χ4v) is 3.01. The van der Waals surface area contributed by atoms with Gasteiger partial charge in [0.2, 0.25) is 0 Å². The van der Waals surface area contributed by atoms with Gasteiger partial charge in [0.1, 0.15) is 5.82 Å². The minimum absolute atomic E-state index is 0.244. The minimum Gasteiger partial charge on any atom is -0.297 e. The predicted octanol–water partition coefficient (Wildman–Crippen LogP) is 3.21. The van der Waals surface area contributed by atoms with Crippen LogP contribution < -0.4 is 11.3 Å². The number of rotatable bonds is 6. The summed E-state index contributed by atoms with van der Waals surface area (Å²) in [5.41, 5.74) is 3.06. The molecular formula is C14H23BrFN3. The van der Waals surface area contributed by atoms with E-state index in [-0.39, 0.29) is 17.4 Å². The van der Waals surface area contributed by atoms with Crippen LogP contribution in [0.2, 0.25) is 0 Å². The molecule has 19 heavy (non-hydrogen) atoms. The summed E-state index contributed by atoms with van der Waals surface area (Å²) in [6, 6.07) is 4.65. The van der Waals surface area contributed by atoms with E-state index in [2.05, 4.69) is 54.0 Å².